The second kappa shape index (κ2) is 5.05. The lowest BCUT2D eigenvalue weighted by atomic mass is 9.98. The Morgan fingerprint density at radius 3 is 2.69 bits per heavy atom. The van der Waals surface area contributed by atoms with E-state index in [1.54, 1.807) is 0 Å². The third-order valence-corrected chi connectivity index (χ3v) is 2.69. The summed E-state index contributed by atoms with van der Waals surface area (Å²) < 4.78 is 26.5. The molecule has 0 saturated carbocycles. The van der Waals surface area contributed by atoms with E-state index in [0.717, 1.165) is 0 Å². The van der Waals surface area contributed by atoms with Crippen LogP contribution in [0.25, 0.3) is 0 Å². The van der Waals surface area contributed by atoms with E-state index in [4.69, 9.17) is 21.9 Å². The summed E-state index contributed by atoms with van der Waals surface area (Å²) in [6.07, 6.45) is -5.88. The predicted molar refractivity (Wildman–Crippen MR) is 48.9 cm³/mol. The molecule has 16 heavy (non-hydrogen) atoms. The summed E-state index contributed by atoms with van der Waals surface area (Å²) in [6.45, 7) is -0.691. The number of hydrogen-bond donors (Lipinski definition) is 6. The molecule has 1 aliphatic rings. The molecule has 0 aromatic heterocycles. The number of nitrogens with two attached hydrogens (primary N) is 1. The molecule has 0 bridgehead atoms. The summed E-state index contributed by atoms with van der Waals surface area (Å²) in [5.41, 5.74) is 5.34. The summed E-state index contributed by atoms with van der Waals surface area (Å²) in [6, 6.07) is -1.28. The highest BCUT2D eigenvalue weighted by molar-refractivity contribution is 7.46. The largest absolute Gasteiger partial charge is 0.470 e. The molecule has 1 saturated heterocycles. The van der Waals surface area contributed by atoms with E-state index < -0.39 is 45.1 Å². The van der Waals surface area contributed by atoms with Gasteiger partial charge >= 0.3 is 7.82 Å². The van der Waals surface area contributed by atoms with E-state index in [2.05, 4.69) is 9.42 Å². The second-order valence-electron chi connectivity index (χ2n) is 3.35. The number of phosphoric ester groups is 1. The molecule has 10 heteroatoms. The van der Waals surface area contributed by atoms with Gasteiger partial charge < -0.3 is 35.6 Å². The molecule has 0 aromatic rings. The van der Waals surface area contributed by atoms with Crippen molar-refractivity contribution < 1.29 is 38.9 Å². The topological polar surface area (TPSA) is 163 Å². The summed E-state index contributed by atoms with van der Waals surface area (Å²) >= 11 is 0. The molecular weight excluding hydrogens is 245 g/mol. The fourth-order valence-electron chi connectivity index (χ4n) is 1.39. The van der Waals surface area contributed by atoms with E-state index >= 15 is 0 Å². The SMILES string of the molecule is [2H]OP(=O)(O)O[C@H]1[C@H](O)[C@@H](N)C(O)O[C@@H]1CO. The van der Waals surface area contributed by atoms with Gasteiger partial charge in [-0.25, -0.2) is 4.57 Å². The molecule has 1 fully saturated rings. The number of ether oxygens (including phenoxy) is 1. The van der Waals surface area contributed by atoms with Gasteiger partial charge in [0.2, 0.25) is 1.43 Å². The maximum atomic E-state index is 11.0. The minimum absolute atomic E-state index is 0.691. The number of rotatable bonds is 4. The lowest BCUT2D eigenvalue weighted by molar-refractivity contribution is -0.245. The molecule has 7 N–H and O–H groups in total. The first-order valence-corrected chi connectivity index (χ1v) is 5.86. The van der Waals surface area contributed by atoms with Crippen LogP contribution in [0, 0.1) is 0 Å². The Balaban J connectivity index is 2.82. The Morgan fingerprint density at radius 2 is 2.19 bits per heavy atom. The van der Waals surface area contributed by atoms with Gasteiger partial charge in [0.05, 0.1) is 12.6 Å². The molecule has 9 nitrogen and oxygen atoms in total. The summed E-state index contributed by atoms with van der Waals surface area (Å²) in [5, 5.41) is 27.8. The van der Waals surface area contributed by atoms with Crippen molar-refractivity contribution in [2.75, 3.05) is 6.61 Å². The maximum absolute atomic E-state index is 11.0. The van der Waals surface area contributed by atoms with Crippen molar-refractivity contribution >= 4 is 7.82 Å². The van der Waals surface area contributed by atoms with Crippen LogP contribution in [0.15, 0.2) is 0 Å². The zero-order valence-electron chi connectivity index (χ0n) is 9.04. The predicted octanol–water partition coefficient (Wildman–Crippen LogP) is -3.14. The summed E-state index contributed by atoms with van der Waals surface area (Å²) in [5.74, 6) is 0. The van der Waals surface area contributed by atoms with Crippen molar-refractivity contribution in [1.82, 2.24) is 0 Å². The first-order valence-electron chi connectivity index (χ1n) is 4.77. The van der Waals surface area contributed by atoms with Gasteiger partial charge in [0, 0.05) is 0 Å². The van der Waals surface area contributed by atoms with E-state index in [-0.39, 0.29) is 0 Å². The molecule has 1 rings (SSSR count). The van der Waals surface area contributed by atoms with Crippen LogP contribution >= 0.6 is 7.82 Å². The van der Waals surface area contributed by atoms with Gasteiger partial charge in [-0.1, -0.05) is 0 Å². The molecule has 0 spiro atoms. The van der Waals surface area contributed by atoms with Crippen molar-refractivity contribution in [2.24, 2.45) is 5.73 Å². The molecule has 0 radical (unpaired) electrons. The zero-order valence-corrected chi connectivity index (χ0v) is 8.93. The van der Waals surface area contributed by atoms with Crippen LogP contribution in [-0.4, -0.2) is 63.8 Å². The molecule has 0 amide bonds. The van der Waals surface area contributed by atoms with Crippen LogP contribution in [0.1, 0.15) is 0 Å². The molecule has 2 unspecified atom stereocenters. The van der Waals surface area contributed by atoms with Crippen molar-refractivity contribution in [2.45, 2.75) is 30.6 Å². The smallest absolute Gasteiger partial charge is 0.394 e. The van der Waals surface area contributed by atoms with E-state index in [0.29, 0.717) is 0 Å². The molecule has 1 aliphatic heterocycles. The van der Waals surface area contributed by atoms with E-state index in [1.807, 2.05) is 0 Å². The molecule has 6 atom stereocenters. The average Bonchev–Trinajstić information content (AvgIpc) is 2.29. The van der Waals surface area contributed by atoms with E-state index in [9.17, 15) is 14.8 Å². The molecule has 96 valence electrons. The minimum atomic E-state index is -4.70. The van der Waals surface area contributed by atoms with Crippen LogP contribution in [0.3, 0.4) is 0 Å². The number of hydrogen-bond acceptors (Lipinski definition) is 8. The quantitative estimate of drug-likeness (QED) is 0.287. The maximum Gasteiger partial charge on any atom is 0.470 e. The van der Waals surface area contributed by atoms with Crippen molar-refractivity contribution in [1.29, 1.82) is 1.43 Å². The van der Waals surface area contributed by atoms with Gasteiger partial charge in [-0.15, -0.1) is 0 Å². The first kappa shape index (κ1) is 12.4. The monoisotopic (exact) mass is 260 g/mol. The summed E-state index contributed by atoms with van der Waals surface area (Å²) in [4.78, 5) is 12.4. The van der Waals surface area contributed by atoms with Crippen molar-refractivity contribution in [3.8, 4) is 0 Å². The van der Waals surface area contributed by atoms with Gasteiger partial charge in [-0.2, -0.15) is 0 Å². The number of aliphatic hydroxyl groups excluding tert-OH is 3. The number of phosphoric acid groups is 1. The van der Waals surface area contributed by atoms with Gasteiger partial charge in [-0.3, -0.25) is 4.52 Å². The molecule has 0 aromatic carbocycles. The minimum Gasteiger partial charge on any atom is -0.394 e. The third-order valence-electron chi connectivity index (χ3n) is 2.18. The number of aliphatic hydroxyl groups is 3. The van der Waals surface area contributed by atoms with Crippen LogP contribution in [0.4, 0.5) is 0 Å². The van der Waals surface area contributed by atoms with Gasteiger partial charge in [0.1, 0.15) is 18.3 Å². The fraction of sp³-hybridized carbons (Fsp3) is 1.00. The highest BCUT2D eigenvalue weighted by Crippen LogP contribution is 2.40. The fourth-order valence-corrected chi connectivity index (χ4v) is 1.95. The Hall–Kier alpha value is -0.0900. The molecule has 0 aliphatic carbocycles. The average molecular weight is 260 g/mol. The standard InChI is InChI=1S/C6H14NO8P/c7-3-4(9)5(15-16(11,12)13)2(1-8)14-6(3)10/h2-6,8-10H,1,7H2,(H2,11,12,13)/t2-,3-,4-,5-,6?/m1/s1/i/hD. The van der Waals surface area contributed by atoms with Crippen LogP contribution in [0.2, 0.25) is 0 Å². The lowest BCUT2D eigenvalue weighted by Crippen LogP contribution is -2.62. The van der Waals surface area contributed by atoms with Crippen LogP contribution < -0.4 is 5.73 Å². The Labute approximate surface area is 92.1 Å². The zero-order chi connectivity index (χ0) is 13.2. The Morgan fingerprint density at radius 1 is 1.56 bits per heavy atom. The third kappa shape index (κ3) is 3.20. The summed E-state index contributed by atoms with van der Waals surface area (Å²) in [7, 11) is -4.70. The van der Waals surface area contributed by atoms with Crippen LogP contribution in [-0.2, 0) is 13.8 Å². The van der Waals surface area contributed by atoms with Gasteiger partial charge in [-0.05, 0) is 0 Å². The molecule has 1 heterocycles. The van der Waals surface area contributed by atoms with Crippen molar-refractivity contribution in [3.05, 3.63) is 0 Å². The van der Waals surface area contributed by atoms with Crippen molar-refractivity contribution in [3.63, 3.8) is 0 Å². The Kier molecular flexibility index (Phi) is 3.90. The lowest BCUT2D eigenvalue weighted by Gasteiger charge is -2.40. The van der Waals surface area contributed by atoms with Gasteiger partial charge in [0.15, 0.2) is 6.29 Å². The normalized spacial score (nSPS) is 44.8. The van der Waals surface area contributed by atoms with Gasteiger partial charge in [0.25, 0.3) is 0 Å². The van der Waals surface area contributed by atoms with E-state index in [1.165, 1.54) is 0 Å². The van der Waals surface area contributed by atoms with Crippen LogP contribution in [0.5, 0.6) is 0 Å². The molecular formula is C6H14NO8P. The highest BCUT2D eigenvalue weighted by atomic mass is 31.2. The second-order valence-corrected chi connectivity index (χ2v) is 4.50. The first-order chi connectivity index (χ1) is 7.82. The Bertz CT molecular complexity index is 304. The highest BCUT2D eigenvalue weighted by Gasteiger charge is 2.46.